The molecule has 0 aromatic carbocycles. The Hall–Kier alpha value is -0.940. The van der Waals surface area contributed by atoms with Crippen LogP contribution in [0.2, 0.25) is 0 Å². The molecule has 0 saturated carbocycles. The number of hydrogen-bond donors (Lipinski definition) is 1. The third kappa shape index (κ3) is 2.10. The van der Waals surface area contributed by atoms with Crippen molar-refractivity contribution in [1.82, 2.24) is 15.0 Å². The molecule has 1 saturated heterocycles. The van der Waals surface area contributed by atoms with E-state index in [0.717, 1.165) is 31.9 Å². The molecule has 1 aromatic rings. The fourth-order valence-corrected chi connectivity index (χ4v) is 1.60. The first-order valence-electron chi connectivity index (χ1n) is 4.99. The van der Waals surface area contributed by atoms with E-state index < -0.39 is 0 Å². The van der Waals surface area contributed by atoms with Crippen LogP contribution in [0.4, 0.5) is 0 Å². The van der Waals surface area contributed by atoms with E-state index in [4.69, 9.17) is 10.5 Å². The Morgan fingerprint density at radius 2 is 2.64 bits per heavy atom. The minimum Gasteiger partial charge on any atom is -0.381 e. The van der Waals surface area contributed by atoms with Crippen LogP contribution >= 0.6 is 0 Å². The van der Waals surface area contributed by atoms with Gasteiger partial charge in [0, 0.05) is 25.1 Å². The number of rotatable bonds is 3. The quantitative estimate of drug-likeness (QED) is 0.756. The minimum absolute atomic E-state index is 0.0384. The zero-order valence-corrected chi connectivity index (χ0v) is 8.39. The molecule has 2 heterocycles. The predicted octanol–water partition coefficient (Wildman–Crippen LogP) is 0.334. The van der Waals surface area contributed by atoms with Crippen molar-refractivity contribution in [2.45, 2.75) is 25.9 Å². The molecule has 0 radical (unpaired) electrons. The Morgan fingerprint density at radius 3 is 3.21 bits per heavy atom. The van der Waals surface area contributed by atoms with Gasteiger partial charge in [-0.1, -0.05) is 5.21 Å². The first kappa shape index (κ1) is 9.61. The molecule has 0 bridgehead atoms. The van der Waals surface area contributed by atoms with Gasteiger partial charge in [0.05, 0.1) is 18.5 Å². The molecular weight excluding hydrogens is 180 g/mol. The van der Waals surface area contributed by atoms with E-state index in [0.29, 0.717) is 5.92 Å². The van der Waals surface area contributed by atoms with E-state index in [2.05, 4.69) is 10.3 Å². The molecule has 0 amide bonds. The maximum Gasteiger partial charge on any atom is 0.0991 e. The number of ether oxygens (including phenoxy) is 1. The van der Waals surface area contributed by atoms with Crippen LogP contribution in [-0.2, 0) is 11.3 Å². The summed E-state index contributed by atoms with van der Waals surface area (Å²) in [4.78, 5) is 0. The van der Waals surface area contributed by atoms with Crippen LogP contribution in [0, 0.1) is 5.92 Å². The maximum absolute atomic E-state index is 5.69. The zero-order chi connectivity index (χ0) is 9.97. The zero-order valence-electron chi connectivity index (χ0n) is 8.39. The molecule has 2 atom stereocenters. The lowest BCUT2D eigenvalue weighted by Crippen LogP contribution is -2.11. The second kappa shape index (κ2) is 4.06. The minimum atomic E-state index is -0.0384. The fraction of sp³-hybridized carbons (Fsp3) is 0.778. The highest BCUT2D eigenvalue weighted by atomic mass is 16.5. The molecule has 2 unspecified atom stereocenters. The van der Waals surface area contributed by atoms with E-state index in [1.807, 2.05) is 17.8 Å². The van der Waals surface area contributed by atoms with Crippen LogP contribution in [0.1, 0.15) is 25.1 Å². The molecule has 0 aliphatic carbocycles. The van der Waals surface area contributed by atoms with Gasteiger partial charge in [-0.15, -0.1) is 5.10 Å². The summed E-state index contributed by atoms with van der Waals surface area (Å²) in [6.45, 7) is 4.51. The average Bonchev–Trinajstić information content (AvgIpc) is 2.75. The highest BCUT2D eigenvalue weighted by molar-refractivity contribution is 4.97. The lowest BCUT2D eigenvalue weighted by atomic mass is 10.1. The van der Waals surface area contributed by atoms with Crippen molar-refractivity contribution in [3.05, 3.63) is 11.9 Å². The van der Waals surface area contributed by atoms with Crippen molar-refractivity contribution in [3.63, 3.8) is 0 Å². The molecule has 0 spiro atoms. The second-order valence-corrected chi connectivity index (χ2v) is 3.88. The number of hydrogen-bond acceptors (Lipinski definition) is 4. The second-order valence-electron chi connectivity index (χ2n) is 3.88. The SMILES string of the molecule is CC(N)c1cn(CC2CCOC2)nn1. The van der Waals surface area contributed by atoms with Crippen molar-refractivity contribution in [2.75, 3.05) is 13.2 Å². The van der Waals surface area contributed by atoms with E-state index in [1.165, 1.54) is 0 Å². The Balaban J connectivity index is 1.95. The summed E-state index contributed by atoms with van der Waals surface area (Å²) in [5.74, 6) is 0.581. The van der Waals surface area contributed by atoms with Gasteiger partial charge in [0.15, 0.2) is 0 Å². The summed E-state index contributed by atoms with van der Waals surface area (Å²) < 4.78 is 7.16. The molecule has 1 aromatic heterocycles. The van der Waals surface area contributed by atoms with Crippen LogP contribution < -0.4 is 5.73 Å². The number of nitrogens with zero attached hydrogens (tertiary/aromatic N) is 3. The van der Waals surface area contributed by atoms with Crippen LogP contribution in [0.25, 0.3) is 0 Å². The third-order valence-electron chi connectivity index (χ3n) is 2.49. The predicted molar refractivity (Wildman–Crippen MR) is 51.6 cm³/mol. The Bertz CT molecular complexity index is 291. The Labute approximate surface area is 83.2 Å². The number of aromatic nitrogens is 3. The normalized spacial score (nSPS) is 24.0. The summed E-state index contributed by atoms with van der Waals surface area (Å²) >= 11 is 0. The molecule has 14 heavy (non-hydrogen) atoms. The summed E-state index contributed by atoms with van der Waals surface area (Å²) in [7, 11) is 0. The van der Waals surface area contributed by atoms with Gasteiger partial charge in [0.2, 0.25) is 0 Å². The molecule has 5 nitrogen and oxygen atoms in total. The van der Waals surface area contributed by atoms with Crippen LogP contribution in [-0.4, -0.2) is 28.2 Å². The molecule has 1 aliphatic heterocycles. The molecular formula is C9H16N4O. The summed E-state index contributed by atoms with van der Waals surface area (Å²) in [6.07, 6.45) is 3.04. The van der Waals surface area contributed by atoms with Crippen molar-refractivity contribution < 1.29 is 4.74 Å². The standard InChI is InChI=1S/C9H16N4O/c1-7(10)9-5-13(12-11-9)4-8-2-3-14-6-8/h5,7-8H,2-4,6,10H2,1H3. The Kier molecular flexibility index (Phi) is 2.79. The van der Waals surface area contributed by atoms with E-state index in [9.17, 15) is 0 Å². The van der Waals surface area contributed by atoms with Crippen molar-refractivity contribution in [1.29, 1.82) is 0 Å². The first-order valence-corrected chi connectivity index (χ1v) is 4.99. The van der Waals surface area contributed by atoms with E-state index in [1.54, 1.807) is 0 Å². The van der Waals surface area contributed by atoms with Gasteiger partial charge in [0.25, 0.3) is 0 Å². The van der Waals surface area contributed by atoms with Gasteiger partial charge >= 0.3 is 0 Å². The van der Waals surface area contributed by atoms with Crippen molar-refractivity contribution >= 4 is 0 Å². The molecule has 2 N–H and O–H groups in total. The number of nitrogens with two attached hydrogens (primary N) is 1. The lowest BCUT2D eigenvalue weighted by molar-refractivity contribution is 0.181. The third-order valence-corrected chi connectivity index (χ3v) is 2.49. The highest BCUT2D eigenvalue weighted by Gasteiger charge is 2.17. The van der Waals surface area contributed by atoms with Crippen molar-refractivity contribution in [3.8, 4) is 0 Å². The lowest BCUT2D eigenvalue weighted by Gasteiger charge is -2.05. The van der Waals surface area contributed by atoms with Gasteiger partial charge in [-0.05, 0) is 13.3 Å². The Morgan fingerprint density at radius 1 is 1.79 bits per heavy atom. The summed E-state index contributed by atoms with van der Waals surface area (Å²) in [5, 5.41) is 8.04. The van der Waals surface area contributed by atoms with Crippen LogP contribution in [0.5, 0.6) is 0 Å². The van der Waals surface area contributed by atoms with Gasteiger partial charge in [0.1, 0.15) is 0 Å². The largest absolute Gasteiger partial charge is 0.381 e. The molecule has 78 valence electrons. The molecule has 1 fully saturated rings. The van der Waals surface area contributed by atoms with E-state index >= 15 is 0 Å². The van der Waals surface area contributed by atoms with E-state index in [-0.39, 0.29) is 6.04 Å². The van der Waals surface area contributed by atoms with Gasteiger partial charge < -0.3 is 10.5 Å². The first-order chi connectivity index (χ1) is 6.75. The van der Waals surface area contributed by atoms with Crippen LogP contribution in [0.3, 0.4) is 0 Å². The van der Waals surface area contributed by atoms with Gasteiger partial charge in [-0.3, -0.25) is 4.68 Å². The van der Waals surface area contributed by atoms with Crippen molar-refractivity contribution in [2.24, 2.45) is 11.7 Å². The summed E-state index contributed by atoms with van der Waals surface area (Å²) in [6, 6.07) is -0.0384. The van der Waals surface area contributed by atoms with Crippen LogP contribution in [0.15, 0.2) is 6.20 Å². The molecule has 5 heteroatoms. The maximum atomic E-state index is 5.69. The van der Waals surface area contributed by atoms with Gasteiger partial charge in [-0.2, -0.15) is 0 Å². The fourth-order valence-electron chi connectivity index (χ4n) is 1.60. The molecule has 1 aliphatic rings. The smallest absolute Gasteiger partial charge is 0.0991 e. The topological polar surface area (TPSA) is 66.0 Å². The monoisotopic (exact) mass is 196 g/mol. The van der Waals surface area contributed by atoms with Gasteiger partial charge in [-0.25, -0.2) is 0 Å². The summed E-state index contributed by atoms with van der Waals surface area (Å²) in [5.41, 5.74) is 6.55. The average molecular weight is 196 g/mol. The molecule has 2 rings (SSSR count). The highest BCUT2D eigenvalue weighted by Crippen LogP contribution is 2.14.